The minimum Gasteiger partial charge on any atom is -0.340 e. The first kappa shape index (κ1) is 17.5. The van der Waals surface area contributed by atoms with E-state index in [0.29, 0.717) is 30.5 Å². The molecule has 140 valence electrons. The van der Waals surface area contributed by atoms with E-state index in [-0.39, 0.29) is 17.9 Å². The molecule has 1 aromatic carbocycles. The molecule has 6 nitrogen and oxygen atoms in total. The molecule has 0 radical (unpaired) electrons. The number of urea groups is 1. The molecule has 0 unspecified atom stereocenters. The topological polar surface area (TPSA) is 73.9 Å². The van der Waals surface area contributed by atoms with Crippen molar-refractivity contribution in [2.45, 2.75) is 31.7 Å². The van der Waals surface area contributed by atoms with E-state index >= 15 is 0 Å². The molecule has 1 fully saturated rings. The van der Waals surface area contributed by atoms with Crippen LogP contribution in [-0.4, -0.2) is 39.0 Å². The maximum atomic E-state index is 13.4. The number of amides is 2. The lowest BCUT2D eigenvalue weighted by Crippen LogP contribution is -2.45. The van der Waals surface area contributed by atoms with Gasteiger partial charge in [0.25, 0.3) is 0 Å². The molecule has 27 heavy (non-hydrogen) atoms. The summed E-state index contributed by atoms with van der Waals surface area (Å²) in [7, 11) is 0. The summed E-state index contributed by atoms with van der Waals surface area (Å²) in [4.78, 5) is 26.6. The quantitative estimate of drug-likeness (QED) is 0.740. The summed E-state index contributed by atoms with van der Waals surface area (Å²) in [5, 5.41) is 2.99. The number of carbonyl (C=O) groups is 1. The minimum absolute atomic E-state index is 0.0951. The van der Waals surface area contributed by atoms with E-state index in [1.54, 1.807) is 12.3 Å². The van der Waals surface area contributed by atoms with Crippen LogP contribution in [0.25, 0.3) is 11.0 Å². The van der Waals surface area contributed by atoms with Crippen molar-refractivity contribution in [1.29, 1.82) is 0 Å². The number of piperidine rings is 1. The van der Waals surface area contributed by atoms with Crippen LogP contribution in [0.3, 0.4) is 0 Å². The van der Waals surface area contributed by atoms with Gasteiger partial charge in [-0.25, -0.2) is 14.2 Å². The summed E-state index contributed by atoms with van der Waals surface area (Å²) in [6.45, 7) is 1.22. The predicted octanol–water partition coefficient (Wildman–Crippen LogP) is 3.58. The van der Waals surface area contributed by atoms with Crippen LogP contribution in [0, 0.1) is 5.82 Å². The third kappa shape index (κ3) is 3.92. The van der Waals surface area contributed by atoms with Gasteiger partial charge in [0.2, 0.25) is 0 Å². The van der Waals surface area contributed by atoms with Crippen molar-refractivity contribution in [2.24, 2.45) is 0 Å². The lowest BCUT2D eigenvalue weighted by molar-refractivity contribution is 0.148. The van der Waals surface area contributed by atoms with E-state index in [2.05, 4.69) is 20.3 Å². The SMILES string of the molecule is O=C(NCCc1ccccn1)N1CCCC[C@H]1c1nc2ccc(F)cc2[nH]1. The predicted molar refractivity (Wildman–Crippen MR) is 101 cm³/mol. The van der Waals surface area contributed by atoms with E-state index in [1.807, 2.05) is 23.1 Å². The lowest BCUT2D eigenvalue weighted by Gasteiger charge is -2.34. The van der Waals surface area contributed by atoms with Crippen LogP contribution in [-0.2, 0) is 6.42 Å². The molecule has 0 saturated carbocycles. The smallest absolute Gasteiger partial charge is 0.318 e. The van der Waals surface area contributed by atoms with Gasteiger partial charge in [-0.05, 0) is 49.6 Å². The monoisotopic (exact) mass is 367 g/mol. The summed E-state index contributed by atoms with van der Waals surface area (Å²) < 4.78 is 13.4. The summed E-state index contributed by atoms with van der Waals surface area (Å²) in [5.74, 6) is 0.417. The van der Waals surface area contributed by atoms with Crippen LogP contribution in [0.5, 0.6) is 0 Å². The fraction of sp³-hybridized carbons (Fsp3) is 0.350. The second kappa shape index (κ2) is 7.73. The number of nitrogens with one attached hydrogen (secondary N) is 2. The average molecular weight is 367 g/mol. The van der Waals surface area contributed by atoms with Gasteiger partial charge >= 0.3 is 6.03 Å². The van der Waals surface area contributed by atoms with Crippen molar-refractivity contribution < 1.29 is 9.18 Å². The number of pyridine rings is 1. The molecule has 2 N–H and O–H groups in total. The third-order valence-corrected chi connectivity index (χ3v) is 4.93. The van der Waals surface area contributed by atoms with Gasteiger partial charge in [-0.3, -0.25) is 4.98 Å². The Bertz CT molecular complexity index is 927. The van der Waals surface area contributed by atoms with Gasteiger partial charge < -0.3 is 15.2 Å². The van der Waals surface area contributed by atoms with Crippen LogP contribution in [0.15, 0.2) is 42.6 Å². The average Bonchev–Trinajstić information content (AvgIpc) is 3.12. The number of H-pyrrole nitrogens is 1. The van der Waals surface area contributed by atoms with Crippen LogP contribution in [0.1, 0.15) is 36.8 Å². The van der Waals surface area contributed by atoms with Gasteiger partial charge in [0.1, 0.15) is 11.6 Å². The number of likely N-dealkylation sites (tertiary alicyclic amines) is 1. The Morgan fingerprint density at radius 3 is 3.07 bits per heavy atom. The lowest BCUT2D eigenvalue weighted by atomic mass is 10.0. The molecule has 2 aromatic heterocycles. The van der Waals surface area contributed by atoms with Gasteiger partial charge in [-0.1, -0.05) is 6.07 Å². The highest BCUT2D eigenvalue weighted by Gasteiger charge is 2.30. The zero-order chi connectivity index (χ0) is 18.6. The summed E-state index contributed by atoms with van der Waals surface area (Å²) in [6.07, 6.45) is 5.29. The van der Waals surface area contributed by atoms with E-state index in [9.17, 15) is 9.18 Å². The second-order valence-corrected chi connectivity index (χ2v) is 6.79. The number of carbonyl (C=O) groups excluding carboxylic acids is 1. The molecular weight excluding hydrogens is 345 g/mol. The van der Waals surface area contributed by atoms with Crippen molar-refractivity contribution in [3.63, 3.8) is 0 Å². The first-order valence-corrected chi connectivity index (χ1v) is 9.30. The van der Waals surface area contributed by atoms with Crippen LogP contribution in [0.4, 0.5) is 9.18 Å². The van der Waals surface area contributed by atoms with Crippen molar-refractivity contribution in [1.82, 2.24) is 25.2 Å². The Kier molecular flexibility index (Phi) is 5.00. The number of hydrogen-bond acceptors (Lipinski definition) is 3. The maximum absolute atomic E-state index is 13.4. The highest BCUT2D eigenvalue weighted by atomic mass is 19.1. The molecule has 0 aliphatic carbocycles. The van der Waals surface area contributed by atoms with Gasteiger partial charge in [-0.2, -0.15) is 0 Å². The Morgan fingerprint density at radius 2 is 2.22 bits per heavy atom. The van der Waals surface area contributed by atoms with E-state index in [1.165, 1.54) is 12.1 Å². The minimum atomic E-state index is -0.300. The molecule has 1 aliphatic rings. The van der Waals surface area contributed by atoms with Crippen molar-refractivity contribution in [3.05, 3.63) is 59.9 Å². The number of aromatic nitrogens is 3. The molecule has 0 spiro atoms. The van der Waals surface area contributed by atoms with E-state index in [0.717, 1.165) is 30.8 Å². The molecule has 2 amide bonds. The molecule has 1 atom stereocenters. The van der Waals surface area contributed by atoms with Crippen molar-refractivity contribution >= 4 is 17.1 Å². The zero-order valence-corrected chi connectivity index (χ0v) is 15.0. The fourth-order valence-corrected chi connectivity index (χ4v) is 3.56. The van der Waals surface area contributed by atoms with Crippen LogP contribution < -0.4 is 5.32 Å². The van der Waals surface area contributed by atoms with Crippen molar-refractivity contribution in [2.75, 3.05) is 13.1 Å². The Hall–Kier alpha value is -2.96. The molecule has 7 heteroatoms. The summed E-state index contributed by atoms with van der Waals surface area (Å²) in [5.41, 5.74) is 2.32. The van der Waals surface area contributed by atoms with E-state index in [4.69, 9.17) is 0 Å². The number of imidazole rings is 1. The molecule has 4 rings (SSSR count). The third-order valence-electron chi connectivity index (χ3n) is 4.93. The molecular formula is C20H22FN5O. The number of halogens is 1. The normalized spacial score (nSPS) is 17.2. The Labute approximate surface area is 156 Å². The van der Waals surface area contributed by atoms with Gasteiger partial charge in [-0.15, -0.1) is 0 Å². The van der Waals surface area contributed by atoms with Crippen LogP contribution >= 0.6 is 0 Å². The molecule has 1 saturated heterocycles. The maximum Gasteiger partial charge on any atom is 0.318 e. The molecule has 3 heterocycles. The van der Waals surface area contributed by atoms with Crippen molar-refractivity contribution in [3.8, 4) is 0 Å². The number of rotatable bonds is 4. The molecule has 3 aromatic rings. The second-order valence-electron chi connectivity index (χ2n) is 6.79. The number of benzene rings is 1. The molecule has 1 aliphatic heterocycles. The standard InChI is InChI=1S/C20H22FN5O/c21-14-7-8-16-17(13-14)25-19(24-16)18-6-2-4-12-26(18)20(27)23-11-9-15-5-1-3-10-22-15/h1,3,5,7-8,10,13,18H,2,4,6,9,11-12H2,(H,23,27)(H,24,25)/t18-/m0/s1. The van der Waals surface area contributed by atoms with Gasteiger partial charge in [0.15, 0.2) is 0 Å². The van der Waals surface area contributed by atoms with Gasteiger partial charge in [0, 0.05) is 31.4 Å². The highest BCUT2D eigenvalue weighted by molar-refractivity contribution is 5.76. The van der Waals surface area contributed by atoms with Gasteiger partial charge in [0.05, 0.1) is 17.1 Å². The first-order chi connectivity index (χ1) is 13.2. The highest BCUT2D eigenvalue weighted by Crippen LogP contribution is 2.30. The number of fused-ring (bicyclic) bond motifs is 1. The first-order valence-electron chi connectivity index (χ1n) is 9.30. The summed E-state index contributed by atoms with van der Waals surface area (Å²) in [6, 6.07) is 10.0. The van der Waals surface area contributed by atoms with E-state index < -0.39 is 0 Å². The van der Waals surface area contributed by atoms with Crippen LogP contribution in [0.2, 0.25) is 0 Å². The Balaban J connectivity index is 1.45. The number of nitrogens with zero attached hydrogens (tertiary/aromatic N) is 3. The summed E-state index contributed by atoms with van der Waals surface area (Å²) >= 11 is 0. The molecule has 0 bridgehead atoms. The fourth-order valence-electron chi connectivity index (χ4n) is 3.56. The number of hydrogen-bond donors (Lipinski definition) is 2. The number of aromatic amines is 1. The zero-order valence-electron chi connectivity index (χ0n) is 15.0. The Morgan fingerprint density at radius 1 is 1.30 bits per heavy atom. The largest absolute Gasteiger partial charge is 0.340 e.